The molecule has 2 rings (SSSR count). The molecular weight excluding hydrogens is 234 g/mol. The number of hydrogen-bond donors (Lipinski definition) is 1. The molecule has 1 aliphatic carbocycles. The van der Waals surface area contributed by atoms with E-state index in [0.717, 1.165) is 24.8 Å². The summed E-state index contributed by atoms with van der Waals surface area (Å²) >= 11 is 0. The Morgan fingerprint density at radius 3 is 2.78 bits per heavy atom. The van der Waals surface area contributed by atoms with Gasteiger partial charge in [-0.05, 0) is 37.8 Å². The number of aliphatic hydroxyl groups excluding tert-OH is 1. The number of hydrogen-bond acceptors (Lipinski definition) is 4. The molecule has 0 radical (unpaired) electrons. The Hall–Kier alpha value is -1.62. The summed E-state index contributed by atoms with van der Waals surface area (Å²) < 4.78 is 5.65. The molecule has 0 spiro atoms. The van der Waals surface area contributed by atoms with E-state index in [4.69, 9.17) is 4.74 Å². The molecule has 0 saturated heterocycles. The summed E-state index contributed by atoms with van der Waals surface area (Å²) in [6.45, 7) is 1.86. The molecule has 1 aromatic rings. The van der Waals surface area contributed by atoms with Crippen LogP contribution in [0, 0.1) is 17.0 Å². The topological polar surface area (TPSA) is 72.6 Å². The Labute approximate surface area is 106 Å². The summed E-state index contributed by atoms with van der Waals surface area (Å²) in [7, 11) is 0. The van der Waals surface area contributed by atoms with E-state index in [9.17, 15) is 15.2 Å². The molecule has 2 atom stereocenters. The van der Waals surface area contributed by atoms with Crippen molar-refractivity contribution in [2.45, 2.75) is 44.8 Å². The molecule has 0 unspecified atom stereocenters. The van der Waals surface area contributed by atoms with Gasteiger partial charge in [-0.1, -0.05) is 12.5 Å². The van der Waals surface area contributed by atoms with Gasteiger partial charge in [0, 0.05) is 6.07 Å². The van der Waals surface area contributed by atoms with Crippen molar-refractivity contribution in [2.75, 3.05) is 0 Å². The number of aryl methyl sites for hydroxylation is 1. The van der Waals surface area contributed by atoms with E-state index in [2.05, 4.69) is 0 Å². The first-order valence-electron chi connectivity index (χ1n) is 6.17. The van der Waals surface area contributed by atoms with Crippen LogP contribution in [0.4, 0.5) is 5.69 Å². The number of rotatable bonds is 3. The number of aliphatic hydroxyl groups is 1. The molecule has 5 nitrogen and oxygen atoms in total. The fourth-order valence-corrected chi connectivity index (χ4v) is 2.24. The van der Waals surface area contributed by atoms with Gasteiger partial charge in [0.1, 0.15) is 6.10 Å². The lowest BCUT2D eigenvalue weighted by molar-refractivity contribution is -0.386. The van der Waals surface area contributed by atoms with E-state index in [1.807, 2.05) is 6.92 Å². The van der Waals surface area contributed by atoms with Gasteiger partial charge < -0.3 is 9.84 Å². The number of nitro groups is 1. The van der Waals surface area contributed by atoms with Gasteiger partial charge in [-0.3, -0.25) is 10.1 Å². The van der Waals surface area contributed by atoms with Gasteiger partial charge in [0.05, 0.1) is 11.0 Å². The van der Waals surface area contributed by atoms with Gasteiger partial charge in [-0.25, -0.2) is 0 Å². The van der Waals surface area contributed by atoms with Crippen LogP contribution in [0.5, 0.6) is 5.75 Å². The maximum atomic E-state index is 10.9. The molecule has 0 amide bonds. The second-order valence-corrected chi connectivity index (χ2v) is 4.74. The Morgan fingerprint density at radius 1 is 1.39 bits per heavy atom. The van der Waals surface area contributed by atoms with Crippen LogP contribution in [0.25, 0.3) is 0 Å². The lowest BCUT2D eigenvalue weighted by Crippen LogP contribution is -2.34. The highest BCUT2D eigenvalue weighted by Gasteiger charge is 2.27. The average Bonchev–Trinajstić information content (AvgIpc) is 2.32. The number of benzene rings is 1. The molecule has 1 aliphatic rings. The van der Waals surface area contributed by atoms with Crippen LogP contribution >= 0.6 is 0 Å². The second kappa shape index (κ2) is 5.35. The molecule has 1 fully saturated rings. The van der Waals surface area contributed by atoms with Crippen molar-refractivity contribution in [3.8, 4) is 5.75 Å². The molecule has 0 heterocycles. The molecule has 0 aromatic heterocycles. The lowest BCUT2D eigenvalue weighted by atomic mass is 9.95. The van der Waals surface area contributed by atoms with Crippen molar-refractivity contribution in [2.24, 2.45) is 0 Å². The Balaban J connectivity index is 2.21. The first kappa shape index (κ1) is 12.8. The highest BCUT2D eigenvalue weighted by atomic mass is 16.6. The Bertz CT molecular complexity index is 447. The maximum Gasteiger partial charge on any atom is 0.310 e. The minimum Gasteiger partial charge on any atom is -0.481 e. The maximum absolute atomic E-state index is 10.9. The van der Waals surface area contributed by atoms with E-state index in [0.29, 0.717) is 6.42 Å². The normalized spacial score (nSPS) is 23.7. The highest BCUT2D eigenvalue weighted by molar-refractivity contribution is 5.48. The summed E-state index contributed by atoms with van der Waals surface area (Å²) in [4.78, 5) is 10.5. The summed E-state index contributed by atoms with van der Waals surface area (Å²) in [5, 5.41) is 20.8. The first-order valence-corrected chi connectivity index (χ1v) is 6.17. The average molecular weight is 251 g/mol. The molecule has 98 valence electrons. The third kappa shape index (κ3) is 2.79. The number of ether oxygens (including phenoxy) is 1. The van der Waals surface area contributed by atoms with E-state index in [1.165, 1.54) is 6.07 Å². The summed E-state index contributed by atoms with van der Waals surface area (Å²) in [5.41, 5.74) is 0.860. The third-order valence-electron chi connectivity index (χ3n) is 3.26. The van der Waals surface area contributed by atoms with Gasteiger partial charge in [-0.2, -0.15) is 0 Å². The first-order chi connectivity index (χ1) is 8.58. The molecule has 5 heteroatoms. The predicted molar refractivity (Wildman–Crippen MR) is 66.7 cm³/mol. The van der Waals surface area contributed by atoms with Crippen LogP contribution < -0.4 is 4.74 Å². The van der Waals surface area contributed by atoms with Gasteiger partial charge in [-0.15, -0.1) is 0 Å². The van der Waals surface area contributed by atoms with Gasteiger partial charge in [0.25, 0.3) is 0 Å². The third-order valence-corrected chi connectivity index (χ3v) is 3.26. The zero-order chi connectivity index (χ0) is 13.1. The molecule has 1 N–H and O–H groups in total. The molecule has 1 saturated carbocycles. The lowest BCUT2D eigenvalue weighted by Gasteiger charge is -2.28. The van der Waals surface area contributed by atoms with Crippen molar-refractivity contribution in [3.05, 3.63) is 33.9 Å². The van der Waals surface area contributed by atoms with Crippen LogP contribution in [0.2, 0.25) is 0 Å². The molecule has 18 heavy (non-hydrogen) atoms. The van der Waals surface area contributed by atoms with Gasteiger partial charge in [0.2, 0.25) is 0 Å². The quantitative estimate of drug-likeness (QED) is 0.662. The number of nitrogens with zero attached hydrogens (tertiary/aromatic N) is 1. The van der Waals surface area contributed by atoms with Crippen molar-refractivity contribution >= 4 is 5.69 Å². The largest absolute Gasteiger partial charge is 0.481 e. The molecule has 1 aromatic carbocycles. The monoisotopic (exact) mass is 251 g/mol. The van der Waals surface area contributed by atoms with Gasteiger partial charge >= 0.3 is 5.69 Å². The molecule has 0 bridgehead atoms. The van der Waals surface area contributed by atoms with Crippen molar-refractivity contribution < 1.29 is 14.8 Å². The predicted octanol–water partition coefficient (Wildman–Crippen LogP) is 2.59. The zero-order valence-electron chi connectivity index (χ0n) is 10.3. The van der Waals surface area contributed by atoms with Crippen LogP contribution in [-0.2, 0) is 0 Å². The van der Waals surface area contributed by atoms with E-state index >= 15 is 0 Å². The summed E-state index contributed by atoms with van der Waals surface area (Å²) in [5.74, 6) is 0.256. The minimum atomic E-state index is -0.529. The fraction of sp³-hybridized carbons (Fsp3) is 0.538. The summed E-state index contributed by atoms with van der Waals surface area (Å²) in [6.07, 6.45) is 2.55. The van der Waals surface area contributed by atoms with E-state index in [1.54, 1.807) is 12.1 Å². The standard InChI is InChI=1S/C13H17NO4/c1-9-6-7-10(14(16)17)13(8-9)18-12-5-3-2-4-11(12)15/h6-8,11-12,15H,2-5H2,1H3/t11-,12+/m1/s1. The van der Waals surface area contributed by atoms with Crippen molar-refractivity contribution in [3.63, 3.8) is 0 Å². The Morgan fingerprint density at radius 2 is 2.11 bits per heavy atom. The SMILES string of the molecule is Cc1ccc([N+](=O)[O-])c(O[C@H]2CCCC[C@H]2O)c1. The highest BCUT2D eigenvalue weighted by Crippen LogP contribution is 2.31. The zero-order valence-corrected chi connectivity index (χ0v) is 10.3. The second-order valence-electron chi connectivity index (χ2n) is 4.74. The molecular formula is C13H17NO4. The minimum absolute atomic E-state index is 0.0432. The fourth-order valence-electron chi connectivity index (χ4n) is 2.24. The number of nitro benzene ring substituents is 1. The van der Waals surface area contributed by atoms with Crippen molar-refractivity contribution in [1.82, 2.24) is 0 Å². The van der Waals surface area contributed by atoms with Crippen LogP contribution in [0.3, 0.4) is 0 Å². The summed E-state index contributed by atoms with van der Waals surface area (Å²) in [6, 6.07) is 4.78. The van der Waals surface area contributed by atoms with Crippen LogP contribution in [0.1, 0.15) is 31.2 Å². The van der Waals surface area contributed by atoms with Crippen LogP contribution in [0.15, 0.2) is 18.2 Å². The van der Waals surface area contributed by atoms with Gasteiger partial charge in [0.15, 0.2) is 5.75 Å². The smallest absolute Gasteiger partial charge is 0.310 e. The van der Waals surface area contributed by atoms with E-state index in [-0.39, 0.29) is 17.5 Å². The molecule has 0 aliphatic heterocycles. The van der Waals surface area contributed by atoms with Crippen LogP contribution in [-0.4, -0.2) is 22.2 Å². The van der Waals surface area contributed by atoms with E-state index < -0.39 is 11.0 Å². The Kier molecular flexibility index (Phi) is 3.81. The van der Waals surface area contributed by atoms with Crippen molar-refractivity contribution in [1.29, 1.82) is 0 Å².